The lowest BCUT2D eigenvalue weighted by Gasteiger charge is -2.20. The van der Waals surface area contributed by atoms with Gasteiger partial charge in [0, 0.05) is 17.7 Å². The fourth-order valence-corrected chi connectivity index (χ4v) is 4.96. The fraction of sp³-hybridized carbons (Fsp3) is 0.344. The van der Waals surface area contributed by atoms with E-state index in [1.807, 2.05) is 75.4 Å². The van der Waals surface area contributed by atoms with Gasteiger partial charge in [-0.1, -0.05) is 65.9 Å². The summed E-state index contributed by atoms with van der Waals surface area (Å²) < 4.78 is 0. The summed E-state index contributed by atoms with van der Waals surface area (Å²) in [6, 6.07) is 16.9. The number of hydrogen-bond donors (Lipinski definition) is 5. The number of aromatic nitrogens is 2. The first-order valence-electron chi connectivity index (χ1n) is 14.2. The number of carbonyl (C=O) groups excluding carboxylic acids is 3. The van der Waals surface area contributed by atoms with Crippen LogP contribution in [0.25, 0.3) is 0 Å². The molecule has 0 aliphatic rings. The van der Waals surface area contributed by atoms with E-state index in [1.165, 1.54) is 11.3 Å². The van der Waals surface area contributed by atoms with E-state index in [1.54, 1.807) is 12.2 Å². The standard InChI is InChI=1S/C32H41N7O3S/c1-32(2,3)37-29(42)21-24-13-9-12-23(18-24)20-27(40)35-26(34)17-16-25(33)14-7-8-15-30-38-39-31(43-30)36-28(41)19-22-10-5-4-6-11-22/h4-6,9-13,16-18H,7-8,14-15,19-21,33-34H2,1-3H3,(H,35,40)(H,37,42)(H,36,39,41)/b25-16-,26-17+. The first-order valence-corrected chi connectivity index (χ1v) is 15.0. The molecule has 43 heavy (non-hydrogen) atoms. The van der Waals surface area contributed by atoms with Crippen molar-refractivity contribution in [2.45, 2.75) is 71.3 Å². The van der Waals surface area contributed by atoms with Gasteiger partial charge in [0.15, 0.2) is 0 Å². The molecule has 0 fully saturated rings. The topological polar surface area (TPSA) is 165 Å². The van der Waals surface area contributed by atoms with E-state index < -0.39 is 0 Å². The Labute approximate surface area is 257 Å². The Balaban J connectivity index is 1.36. The second kappa shape index (κ2) is 16.2. The number of aryl methyl sites for hydroxylation is 1. The van der Waals surface area contributed by atoms with Crippen molar-refractivity contribution >= 4 is 34.2 Å². The molecule has 2 aromatic carbocycles. The number of hydrogen-bond acceptors (Lipinski definition) is 8. The number of nitrogens with zero attached hydrogens (tertiary/aromatic N) is 2. The van der Waals surface area contributed by atoms with Crippen molar-refractivity contribution in [3.05, 3.63) is 100.0 Å². The van der Waals surface area contributed by atoms with Gasteiger partial charge in [0.1, 0.15) is 10.8 Å². The lowest BCUT2D eigenvalue weighted by Crippen LogP contribution is -2.41. The summed E-state index contributed by atoms with van der Waals surface area (Å²) in [7, 11) is 0. The van der Waals surface area contributed by atoms with Gasteiger partial charge in [-0.05, 0) is 68.9 Å². The van der Waals surface area contributed by atoms with Crippen molar-refractivity contribution in [2.24, 2.45) is 11.5 Å². The molecule has 3 amide bonds. The molecule has 1 heterocycles. The van der Waals surface area contributed by atoms with Crippen molar-refractivity contribution in [1.82, 2.24) is 20.8 Å². The van der Waals surface area contributed by atoms with Crippen LogP contribution in [0.4, 0.5) is 5.13 Å². The number of anilines is 1. The third-order valence-corrected chi connectivity index (χ3v) is 6.92. The van der Waals surface area contributed by atoms with Gasteiger partial charge in [0.2, 0.25) is 22.9 Å². The molecular formula is C32H41N7O3S. The van der Waals surface area contributed by atoms with E-state index >= 15 is 0 Å². The molecule has 0 spiro atoms. The summed E-state index contributed by atoms with van der Waals surface area (Å²) in [4.78, 5) is 36.9. The highest BCUT2D eigenvalue weighted by Crippen LogP contribution is 2.18. The van der Waals surface area contributed by atoms with Crippen LogP contribution in [0.1, 0.15) is 61.7 Å². The molecule has 0 atom stereocenters. The third-order valence-electron chi connectivity index (χ3n) is 6.02. The third kappa shape index (κ3) is 13.3. The Bertz CT molecular complexity index is 1440. The van der Waals surface area contributed by atoms with Gasteiger partial charge >= 0.3 is 0 Å². The smallest absolute Gasteiger partial charge is 0.230 e. The van der Waals surface area contributed by atoms with Gasteiger partial charge in [-0.3, -0.25) is 14.4 Å². The molecule has 228 valence electrons. The minimum atomic E-state index is -0.301. The molecule has 0 aliphatic carbocycles. The van der Waals surface area contributed by atoms with Gasteiger partial charge in [-0.15, -0.1) is 10.2 Å². The number of nitrogens with two attached hydrogens (primary N) is 2. The molecule has 11 heteroatoms. The minimum absolute atomic E-state index is 0.0693. The molecule has 3 aromatic rings. The van der Waals surface area contributed by atoms with E-state index in [0.717, 1.165) is 41.0 Å². The average molecular weight is 604 g/mol. The quantitative estimate of drug-likeness (QED) is 0.138. The Morgan fingerprint density at radius 3 is 2.16 bits per heavy atom. The summed E-state index contributed by atoms with van der Waals surface area (Å²) in [6.07, 6.45) is 7.02. The largest absolute Gasteiger partial charge is 0.402 e. The molecule has 10 nitrogen and oxygen atoms in total. The Morgan fingerprint density at radius 2 is 1.47 bits per heavy atom. The summed E-state index contributed by atoms with van der Waals surface area (Å²) in [5.74, 6) is -0.253. The molecule has 0 saturated heterocycles. The lowest BCUT2D eigenvalue weighted by molar-refractivity contribution is -0.122. The second-order valence-corrected chi connectivity index (χ2v) is 12.4. The van der Waals surface area contributed by atoms with Crippen molar-refractivity contribution in [3.8, 4) is 0 Å². The molecule has 0 radical (unpaired) electrons. The zero-order valence-electron chi connectivity index (χ0n) is 25.0. The number of rotatable bonds is 14. The SMILES string of the molecule is CC(C)(C)NC(=O)Cc1cccc(CC(=O)N/C(N)=C/C=C(\N)CCCCc2nnc(NC(=O)Cc3ccccc3)s2)c1. The van der Waals surface area contributed by atoms with E-state index in [9.17, 15) is 14.4 Å². The Hall–Kier alpha value is -4.51. The van der Waals surface area contributed by atoms with Crippen LogP contribution in [0, 0.1) is 0 Å². The monoisotopic (exact) mass is 603 g/mol. The fourth-order valence-electron chi connectivity index (χ4n) is 4.17. The van der Waals surface area contributed by atoms with E-state index in [2.05, 4.69) is 26.1 Å². The summed E-state index contributed by atoms with van der Waals surface area (Å²) >= 11 is 1.37. The van der Waals surface area contributed by atoms with Gasteiger partial charge in [-0.25, -0.2) is 0 Å². The zero-order chi connectivity index (χ0) is 31.2. The number of amides is 3. The van der Waals surface area contributed by atoms with Crippen LogP contribution in [0.15, 0.2) is 78.3 Å². The highest BCUT2D eigenvalue weighted by atomic mass is 32.1. The highest BCUT2D eigenvalue weighted by molar-refractivity contribution is 7.15. The molecule has 0 unspecified atom stereocenters. The van der Waals surface area contributed by atoms with Crippen molar-refractivity contribution < 1.29 is 14.4 Å². The van der Waals surface area contributed by atoms with Crippen LogP contribution in [0.5, 0.6) is 0 Å². The number of benzene rings is 2. The Kier molecular flexibility index (Phi) is 12.4. The number of carbonyl (C=O) groups is 3. The van der Waals surface area contributed by atoms with Crippen LogP contribution < -0.4 is 27.4 Å². The number of nitrogens with one attached hydrogen (secondary N) is 3. The molecule has 0 aliphatic heterocycles. The first kappa shape index (κ1) is 33.0. The number of allylic oxidation sites excluding steroid dienone is 3. The van der Waals surface area contributed by atoms with E-state index in [4.69, 9.17) is 11.5 Å². The molecular weight excluding hydrogens is 562 g/mol. The van der Waals surface area contributed by atoms with Crippen LogP contribution in [0.3, 0.4) is 0 Å². The van der Waals surface area contributed by atoms with Crippen LogP contribution in [-0.2, 0) is 40.1 Å². The average Bonchev–Trinajstić information content (AvgIpc) is 3.36. The molecule has 3 rings (SSSR count). The maximum atomic E-state index is 12.5. The lowest BCUT2D eigenvalue weighted by atomic mass is 10.0. The molecule has 1 aromatic heterocycles. The van der Waals surface area contributed by atoms with E-state index in [0.29, 0.717) is 17.2 Å². The van der Waals surface area contributed by atoms with Gasteiger partial charge in [-0.2, -0.15) is 0 Å². The summed E-state index contributed by atoms with van der Waals surface area (Å²) in [5, 5.41) is 18.0. The van der Waals surface area contributed by atoms with E-state index in [-0.39, 0.29) is 48.3 Å². The van der Waals surface area contributed by atoms with Crippen molar-refractivity contribution in [1.29, 1.82) is 0 Å². The van der Waals surface area contributed by atoms with Crippen molar-refractivity contribution in [2.75, 3.05) is 5.32 Å². The van der Waals surface area contributed by atoms with Gasteiger partial charge < -0.3 is 27.4 Å². The Morgan fingerprint density at radius 1 is 0.814 bits per heavy atom. The van der Waals surface area contributed by atoms with Crippen LogP contribution >= 0.6 is 11.3 Å². The summed E-state index contributed by atoms with van der Waals surface area (Å²) in [5.41, 5.74) is 15.0. The first-order chi connectivity index (χ1) is 20.4. The zero-order valence-corrected chi connectivity index (χ0v) is 25.8. The predicted molar refractivity (Wildman–Crippen MR) is 171 cm³/mol. The molecule has 0 bridgehead atoms. The minimum Gasteiger partial charge on any atom is -0.402 e. The highest BCUT2D eigenvalue weighted by Gasteiger charge is 2.14. The second-order valence-electron chi connectivity index (χ2n) is 11.3. The van der Waals surface area contributed by atoms with Crippen LogP contribution in [-0.4, -0.2) is 33.5 Å². The maximum absolute atomic E-state index is 12.5. The molecule has 0 saturated carbocycles. The van der Waals surface area contributed by atoms with Crippen molar-refractivity contribution in [3.63, 3.8) is 0 Å². The van der Waals surface area contributed by atoms with Gasteiger partial charge in [0.25, 0.3) is 0 Å². The van der Waals surface area contributed by atoms with Crippen LogP contribution in [0.2, 0.25) is 0 Å². The predicted octanol–water partition coefficient (Wildman–Crippen LogP) is 3.89. The molecule has 7 N–H and O–H groups in total. The summed E-state index contributed by atoms with van der Waals surface area (Å²) in [6.45, 7) is 5.80. The van der Waals surface area contributed by atoms with Gasteiger partial charge in [0.05, 0.1) is 19.3 Å². The normalized spacial score (nSPS) is 12.1. The maximum Gasteiger partial charge on any atom is 0.230 e. The number of unbranched alkanes of at least 4 members (excludes halogenated alkanes) is 1.